The van der Waals surface area contributed by atoms with Gasteiger partial charge in [0.2, 0.25) is 0 Å². The van der Waals surface area contributed by atoms with Gasteiger partial charge in [-0.2, -0.15) is 4.98 Å². The molecule has 0 spiro atoms. The Morgan fingerprint density at radius 2 is 2.05 bits per heavy atom. The lowest BCUT2D eigenvalue weighted by molar-refractivity contribution is 0.364. The van der Waals surface area contributed by atoms with Gasteiger partial charge in [-0.25, -0.2) is 0 Å². The van der Waals surface area contributed by atoms with Gasteiger partial charge in [-0.1, -0.05) is 46.1 Å². The van der Waals surface area contributed by atoms with Crippen molar-refractivity contribution in [1.29, 1.82) is 0 Å². The minimum atomic E-state index is -0.403. The van der Waals surface area contributed by atoms with Crippen LogP contribution in [0.15, 0.2) is 27.2 Å². The van der Waals surface area contributed by atoms with Crippen molar-refractivity contribution in [3.05, 3.63) is 45.5 Å². The monoisotopic (exact) mass is 347 g/mol. The number of benzene rings is 1. The lowest BCUT2D eigenvalue weighted by atomic mass is 9.99. The van der Waals surface area contributed by atoms with Crippen molar-refractivity contribution in [3.8, 4) is 0 Å². The zero-order chi connectivity index (χ0) is 14.9. The third-order valence-corrected chi connectivity index (χ3v) is 4.63. The highest BCUT2D eigenvalue weighted by molar-refractivity contribution is 9.10. The van der Waals surface area contributed by atoms with Crippen LogP contribution in [0.4, 0.5) is 0 Å². The summed E-state index contributed by atoms with van der Waals surface area (Å²) in [6, 6.07) is 6.19. The first-order valence-corrected chi connectivity index (χ1v) is 7.93. The molecule has 0 bridgehead atoms. The van der Waals surface area contributed by atoms with Crippen LogP contribution in [0.3, 0.4) is 0 Å². The maximum Gasteiger partial charge on any atom is 0.250 e. The van der Waals surface area contributed by atoms with E-state index in [1.54, 1.807) is 0 Å². The highest BCUT2D eigenvalue weighted by Crippen LogP contribution is 2.34. The van der Waals surface area contributed by atoms with Gasteiger partial charge in [0, 0.05) is 10.5 Å². The van der Waals surface area contributed by atoms with Crippen LogP contribution in [-0.2, 0) is 5.54 Å². The largest absolute Gasteiger partial charge is 0.335 e. The molecule has 0 aliphatic heterocycles. The van der Waals surface area contributed by atoms with Gasteiger partial charge in [-0.3, -0.25) is 0 Å². The number of rotatable bonds is 3. The lowest BCUT2D eigenvalue weighted by Crippen LogP contribution is -2.34. The molecule has 1 heterocycles. The van der Waals surface area contributed by atoms with E-state index < -0.39 is 5.54 Å². The lowest BCUT2D eigenvalue weighted by Gasteiger charge is -2.17. The molecule has 5 heteroatoms. The Kier molecular flexibility index (Phi) is 3.95. The minimum Gasteiger partial charge on any atom is -0.335 e. The van der Waals surface area contributed by atoms with Crippen molar-refractivity contribution < 1.29 is 4.52 Å². The van der Waals surface area contributed by atoms with Crippen molar-refractivity contribution >= 4 is 28.1 Å². The Balaban J connectivity index is 1.79. The fraction of sp³-hybridized carbons (Fsp3) is 0.375. The van der Waals surface area contributed by atoms with Crippen molar-refractivity contribution in [1.82, 2.24) is 10.1 Å². The number of nitrogens with two attached hydrogens (primary N) is 1. The molecular weight excluding hydrogens is 330 g/mol. The van der Waals surface area contributed by atoms with Gasteiger partial charge in [0.25, 0.3) is 5.89 Å². The summed E-state index contributed by atoms with van der Waals surface area (Å²) in [5, 5.41) is 4.04. The summed E-state index contributed by atoms with van der Waals surface area (Å²) >= 11 is 3.55. The van der Waals surface area contributed by atoms with E-state index in [0.717, 1.165) is 35.7 Å². The third kappa shape index (κ3) is 3.09. The van der Waals surface area contributed by atoms with Crippen LogP contribution in [0.25, 0.3) is 12.2 Å². The molecule has 21 heavy (non-hydrogen) atoms. The standard InChI is InChI=1S/C16H18BrN3O/c1-11-4-5-12(13(17)10-11)6-7-14-19-15(20-21-14)16(18)8-2-3-9-16/h4-7,10H,2-3,8-9,18H2,1H3/b7-6+. The van der Waals surface area contributed by atoms with Crippen molar-refractivity contribution in [2.75, 3.05) is 0 Å². The topological polar surface area (TPSA) is 64.9 Å². The first kappa shape index (κ1) is 14.5. The molecule has 1 saturated carbocycles. The summed E-state index contributed by atoms with van der Waals surface area (Å²) in [4.78, 5) is 4.42. The molecule has 110 valence electrons. The predicted molar refractivity (Wildman–Crippen MR) is 86.4 cm³/mol. The molecular formula is C16H18BrN3O. The van der Waals surface area contributed by atoms with E-state index in [4.69, 9.17) is 10.3 Å². The van der Waals surface area contributed by atoms with E-state index >= 15 is 0 Å². The molecule has 2 N–H and O–H groups in total. The Morgan fingerprint density at radius 1 is 1.29 bits per heavy atom. The molecule has 1 aromatic carbocycles. The van der Waals surface area contributed by atoms with Crippen LogP contribution in [0.5, 0.6) is 0 Å². The quantitative estimate of drug-likeness (QED) is 0.909. The van der Waals surface area contributed by atoms with Gasteiger partial charge in [-0.15, -0.1) is 0 Å². The third-order valence-electron chi connectivity index (χ3n) is 3.94. The molecule has 1 aliphatic carbocycles. The Hall–Kier alpha value is -1.46. The van der Waals surface area contributed by atoms with E-state index in [-0.39, 0.29) is 0 Å². The predicted octanol–water partition coefficient (Wildman–Crippen LogP) is 4.04. The molecule has 0 unspecified atom stereocenters. The summed E-state index contributed by atoms with van der Waals surface area (Å²) in [5.41, 5.74) is 8.21. The first-order chi connectivity index (χ1) is 10.1. The van der Waals surface area contributed by atoms with Crippen LogP contribution < -0.4 is 5.73 Å². The highest BCUT2D eigenvalue weighted by Gasteiger charge is 2.35. The fourth-order valence-corrected chi connectivity index (χ4v) is 3.29. The number of aromatic nitrogens is 2. The van der Waals surface area contributed by atoms with Gasteiger partial charge in [0.15, 0.2) is 5.82 Å². The number of halogens is 1. The number of hydrogen-bond acceptors (Lipinski definition) is 4. The summed E-state index contributed by atoms with van der Waals surface area (Å²) in [6.07, 6.45) is 7.90. The molecule has 1 aliphatic rings. The summed E-state index contributed by atoms with van der Waals surface area (Å²) in [7, 11) is 0. The van der Waals surface area contributed by atoms with Gasteiger partial charge in [0.05, 0.1) is 5.54 Å². The minimum absolute atomic E-state index is 0.403. The zero-order valence-corrected chi connectivity index (χ0v) is 13.6. The van der Waals surface area contributed by atoms with Gasteiger partial charge in [-0.05, 0) is 43.0 Å². The summed E-state index contributed by atoms with van der Waals surface area (Å²) in [6.45, 7) is 2.06. The number of nitrogens with zero attached hydrogens (tertiary/aromatic N) is 2. The second-order valence-electron chi connectivity index (χ2n) is 5.68. The van der Waals surface area contributed by atoms with Crippen molar-refractivity contribution in [2.24, 2.45) is 5.73 Å². The van der Waals surface area contributed by atoms with Crippen LogP contribution >= 0.6 is 15.9 Å². The number of aryl methyl sites for hydroxylation is 1. The average Bonchev–Trinajstić information content (AvgIpc) is 3.08. The van der Waals surface area contributed by atoms with E-state index in [9.17, 15) is 0 Å². The van der Waals surface area contributed by atoms with E-state index in [0.29, 0.717) is 11.7 Å². The van der Waals surface area contributed by atoms with E-state index in [1.807, 2.05) is 12.2 Å². The smallest absolute Gasteiger partial charge is 0.250 e. The fourth-order valence-electron chi connectivity index (χ4n) is 2.66. The van der Waals surface area contributed by atoms with Crippen molar-refractivity contribution in [2.45, 2.75) is 38.1 Å². The zero-order valence-electron chi connectivity index (χ0n) is 12.0. The molecule has 1 fully saturated rings. The maximum absolute atomic E-state index is 6.33. The second-order valence-corrected chi connectivity index (χ2v) is 6.53. The summed E-state index contributed by atoms with van der Waals surface area (Å²) < 4.78 is 6.33. The van der Waals surface area contributed by atoms with Crippen LogP contribution in [0, 0.1) is 6.92 Å². The first-order valence-electron chi connectivity index (χ1n) is 7.14. The Bertz CT molecular complexity index is 672. The molecule has 0 atom stereocenters. The van der Waals surface area contributed by atoms with E-state index in [2.05, 4.69) is 51.2 Å². The molecule has 0 amide bonds. The van der Waals surface area contributed by atoms with Crippen LogP contribution in [0.2, 0.25) is 0 Å². The van der Waals surface area contributed by atoms with Gasteiger partial charge >= 0.3 is 0 Å². The normalized spacial score (nSPS) is 17.7. The molecule has 4 nitrogen and oxygen atoms in total. The second kappa shape index (κ2) is 5.73. The Labute approximate surface area is 132 Å². The molecule has 2 aromatic rings. The van der Waals surface area contributed by atoms with Crippen LogP contribution in [-0.4, -0.2) is 10.1 Å². The molecule has 0 saturated heterocycles. The molecule has 0 radical (unpaired) electrons. The molecule has 1 aromatic heterocycles. The van der Waals surface area contributed by atoms with E-state index in [1.165, 1.54) is 5.56 Å². The van der Waals surface area contributed by atoms with Gasteiger partial charge < -0.3 is 10.3 Å². The summed E-state index contributed by atoms with van der Waals surface area (Å²) in [5.74, 6) is 1.12. The average molecular weight is 348 g/mol. The Morgan fingerprint density at radius 3 is 2.76 bits per heavy atom. The molecule has 3 rings (SSSR count). The number of hydrogen-bond donors (Lipinski definition) is 1. The SMILES string of the molecule is Cc1ccc(/C=C/c2nc(C3(N)CCCC3)no2)c(Br)c1. The van der Waals surface area contributed by atoms with Gasteiger partial charge in [0.1, 0.15) is 0 Å². The highest BCUT2D eigenvalue weighted by atomic mass is 79.9. The van der Waals surface area contributed by atoms with Crippen molar-refractivity contribution in [3.63, 3.8) is 0 Å². The van der Waals surface area contributed by atoms with Crippen LogP contribution in [0.1, 0.15) is 48.5 Å². The maximum atomic E-state index is 6.33.